The Hall–Kier alpha value is -2.68. The number of carbonyl (C=O) groups excluding carboxylic acids is 1. The third-order valence-electron chi connectivity index (χ3n) is 3.56. The summed E-state index contributed by atoms with van der Waals surface area (Å²) in [5, 5.41) is 5.73. The fourth-order valence-corrected chi connectivity index (χ4v) is 2.53. The van der Waals surface area contributed by atoms with E-state index in [1.807, 2.05) is 48.1 Å². The lowest BCUT2D eigenvalue weighted by molar-refractivity contribution is -0.114. The highest BCUT2D eigenvalue weighted by atomic mass is 16.1. The van der Waals surface area contributed by atoms with Crippen LogP contribution in [-0.4, -0.2) is 15.6 Å². The highest BCUT2D eigenvalue weighted by molar-refractivity contribution is 5.94. The Labute approximate surface area is 123 Å². The summed E-state index contributed by atoms with van der Waals surface area (Å²) in [4.78, 5) is 11.5. The molecule has 0 aliphatic rings. The van der Waals surface area contributed by atoms with E-state index in [1.165, 1.54) is 6.08 Å². The average Bonchev–Trinajstić information content (AvgIpc) is 2.85. The van der Waals surface area contributed by atoms with Gasteiger partial charge in [-0.2, -0.15) is 5.10 Å². The molecule has 0 aliphatic carbocycles. The predicted molar refractivity (Wildman–Crippen MR) is 85.1 cm³/mol. The van der Waals surface area contributed by atoms with E-state index in [-0.39, 0.29) is 5.78 Å². The molecule has 0 N–H and O–H groups in total. The van der Waals surface area contributed by atoms with Crippen molar-refractivity contribution in [2.24, 2.45) is 7.05 Å². The van der Waals surface area contributed by atoms with Crippen LogP contribution < -0.4 is 0 Å². The minimum Gasteiger partial charge on any atom is -0.295 e. The van der Waals surface area contributed by atoms with Crippen LogP contribution in [0.25, 0.3) is 22.2 Å². The second-order valence-corrected chi connectivity index (χ2v) is 5.04. The van der Waals surface area contributed by atoms with Crippen LogP contribution in [0.2, 0.25) is 0 Å². The first kappa shape index (κ1) is 13.3. The summed E-state index contributed by atoms with van der Waals surface area (Å²) < 4.78 is 1.88. The van der Waals surface area contributed by atoms with E-state index in [0.29, 0.717) is 6.42 Å². The highest BCUT2D eigenvalue weighted by Crippen LogP contribution is 2.28. The standard InChI is InChI=1S/C18H16N2O/c1-3-15(21)12-13-7-6-8-14(11-13)18-16-9-4-5-10-17(16)20(2)19-18/h3-11H,1,12H2,2H3. The van der Waals surface area contributed by atoms with Crippen LogP contribution in [0.1, 0.15) is 5.56 Å². The molecule has 0 saturated heterocycles. The highest BCUT2D eigenvalue weighted by Gasteiger charge is 2.10. The van der Waals surface area contributed by atoms with Gasteiger partial charge in [0.2, 0.25) is 0 Å². The molecule has 0 amide bonds. The van der Waals surface area contributed by atoms with Gasteiger partial charge in [-0.3, -0.25) is 9.48 Å². The minimum atomic E-state index is 0.0260. The Bertz CT molecular complexity index is 830. The summed E-state index contributed by atoms with van der Waals surface area (Å²) in [5.74, 6) is 0.0260. The third-order valence-corrected chi connectivity index (χ3v) is 3.56. The molecule has 0 radical (unpaired) electrons. The van der Waals surface area contributed by atoms with Crippen LogP contribution >= 0.6 is 0 Å². The van der Waals surface area contributed by atoms with Gasteiger partial charge in [0.15, 0.2) is 5.78 Å². The molecule has 3 aromatic rings. The van der Waals surface area contributed by atoms with Gasteiger partial charge in [0.1, 0.15) is 5.69 Å². The van der Waals surface area contributed by atoms with E-state index in [1.54, 1.807) is 0 Å². The Morgan fingerprint density at radius 2 is 2.05 bits per heavy atom. The van der Waals surface area contributed by atoms with Crippen molar-refractivity contribution >= 4 is 16.7 Å². The van der Waals surface area contributed by atoms with Crippen LogP contribution in [-0.2, 0) is 18.3 Å². The number of carbonyl (C=O) groups is 1. The summed E-state index contributed by atoms with van der Waals surface area (Å²) in [6.07, 6.45) is 1.74. The van der Waals surface area contributed by atoms with E-state index in [4.69, 9.17) is 0 Å². The van der Waals surface area contributed by atoms with Crippen molar-refractivity contribution in [3.8, 4) is 11.3 Å². The molecule has 0 atom stereocenters. The number of para-hydroxylation sites is 1. The van der Waals surface area contributed by atoms with E-state index in [0.717, 1.165) is 27.7 Å². The summed E-state index contributed by atoms with van der Waals surface area (Å²) >= 11 is 0. The summed E-state index contributed by atoms with van der Waals surface area (Å²) in [5.41, 5.74) is 4.05. The van der Waals surface area contributed by atoms with E-state index < -0.39 is 0 Å². The number of hydrogen-bond acceptors (Lipinski definition) is 2. The second kappa shape index (κ2) is 5.37. The van der Waals surface area contributed by atoms with Crippen LogP contribution in [0.15, 0.2) is 61.2 Å². The van der Waals surface area contributed by atoms with Crippen LogP contribution in [0, 0.1) is 0 Å². The second-order valence-electron chi connectivity index (χ2n) is 5.04. The molecular weight excluding hydrogens is 260 g/mol. The molecule has 0 bridgehead atoms. The number of ketones is 1. The molecule has 0 saturated carbocycles. The number of allylic oxidation sites excluding steroid dienone is 1. The Kier molecular flexibility index (Phi) is 3.40. The molecule has 0 spiro atoms. The number of hydrogen-bond donors (Lipinski definition) is 0. The van der Waals surface area contributed by atoms with Crippen molar-refractivity contribution in [2.75, 3.05) is 0 Å². The number of rotatable bonds is 4. The zero-order chi connectivity index (χ0) is 14.8. The number of aryl methyl sites for hydroxylation is 1. The zero-order valence-electron chi connectivity index (χ0n) is 11.9. The SMILES string of the molecule is C=CC(=O)Cc1cccc(-c2nn(C)c3ccccc23)c1. The maximum atomic E-state index is 11.5. The van der Waals surface area contributed by atoms with Crippen LogP contribution in [0.3, 0.4) is 0 Å². The largest absolute Gasteiger partial charge is 0.295 e. The summed E-state index contributed by atoms with van der Waals surface area (Å²) in [6.45, 7) is 3.52. The van der Waals surface area contributed by atoms with Crippen LogP contribution in [0.4, 0.5) is 0 Å². The van der Waals surface area contributed by atoms with E-state index >= 15 is 0 Å². The maximum Gasteiger partial charge on any atom is 0.159 e. The molecule has 1 aromatic heterocycles. The van der Waals surface area contributed by atoms with Gasteiger partial charge in [0.05, 0.1) is 5.52 Å². The molecular formula is C18H16N2O. The Morgan fingerprint density at radius 3 is 2.86 bits per heavy atom. The quantitative estimate of drug-likeness (QED) is 0.683. The average molecular weight is 276 g/mol. The molecule has 21 heavy (non-hydrogen) atoms. The van der Waals surface area contributed by atoms with Crippen molar-refractivity contribution in [2.45, 2.75) is 6.42 Å². The summed E-state index contributed by atoms with van der Waals surface area (Å²) in [7, 11) is 1.94. The van der Waals surface area contributed by atoms with Gasteiger partial charge in [-0.1, -0.05) is 43.0 Å². The van der Waals surface area contributed by atoms with Crippen molar-refractivity contribution in [1.29, 1.82) is 0 Å². The van der Waals surface area contributed by atoms with Crippen molar-refractivity contribution < 1.29 is 4.79 Å². The molecule has 2 aromatic carbocycles. The lowest BCUT2D eigenvalue weighted by Crippen LogP contribution is -1.98. The van der Waals surface area contributed by atoms with Crippen molar-refractivity contribution in [3.63, 3.8) is 0 Å². The first-order valence-electron chi connectivity index (χ1n) is 6.85. The van der Waals surface area contributed by atoms with Gasteiger partial charge in [-0.15, -0.1) is 0 Å². The molecule has 3 rings (SSSR count). The number of fused-ring (bicyclic) bond motifs is 1. The van der Waals surface area contributed by atoms with Gasteiger partial charge < -0.3 is 0 Å². The third kappa shape index (κ3) is 2.50. The molecule has 3 nitrogen and oxygen atoms in total. The van der Waals surface area contributed by atoms with Gasteiger partial charge in [0.25, 0.3) is 0 Å². The van der Waals surface area contributed by atoms with Gasteiger partial charge >= 0.3 is 0 Å². The topological polar surface area (TPSA) is 34.9 Å². The van der Waals surface area contributed by atoms with E-state index in [2.05, 4.69) is 23.8 Å². The molecule has 0 aliphatic heterocycles. The minimum absolute atomic E-state index is 0.0260. The first-order valence-corrected chi connectivity index (χ1v) is 6.85. The molecule has 104 valence electrons. The fraction of sp³-hybridized carbons (Fsp3) is 0.111. The fourth-order valence-electron chi connectivity index (χ4n) is 2.53. The zero-order valence-corrected chi connectivity index (χ0v) is 11.9. The number of aromatic nitrogens is 2. The normalized spacial score (nSPS) is 10.7. The number of nitrogens with zero attached hydrogens (tertiary/aromatic N) is 2. The maximum absolute atomic E-state index is 11.5. The molecule has 1 heterocycles. The van der Waals surface area contributed by atoms with Crippen molar-refractivity contribution in [1.82, 2.24) is 9.78 Å². The smallest absolute Gasteiger partial charge is 0.159 e. The van der Waals surface area contributed by atoms with Gasteiger partial charge in [-0.25, -0.2) is 0 Å². The summed E-state index contributed by atoms with van der Waals surface area (Å²) in [6, 6.07) is 16.1. The molecule has 0 fully saturated rings. The lowest BCUT2D eigenvalue weighted by atomic mass is 10.0. The number of benzene rings is 2. The first-order chi connectivity index (χ1) is 10.2. The molecule has 3 heteroatoms. The molecule has 0 unspecified atom stereocenters. The Balaban J connectivity index is 2.09. The van der Waals surface area contributed by atoms with Crippen LogP contribution in [0.5, 0.6) is 0 Å². The van der Waals surface area contributed by atoms with E-state index in [9.17, 15) is 4.79 Å². The lowest BCUT2D eigenvalue weighted by Gasteiger charge is -2.02. The van der Waals surface area contributed by atoms with Gasteiger partial charge in [-0.05, 0) is 23.8 Å². The Morgan fingerprint density at radius 1 is 1.24 bits per heavy atom. The predicted octanol–water partition coefficient (Wildman–Crippen LogP) is 3.54. The van der Waals surface area contributed by atoms with Gasteiger partial charge in [0, 0.05) is 24.4 Å². The monoisotopic (exact) mass is 276 g/mol. The van der Waals surface area contributed by atoms with Crippen molar-refractivity contribution in [3.05, 3.63) is 66.7 Å².